The Morgan fingerprint density at radius 3 is 2.63 bits per heavy atom. The maximum Gasteiger partial charge on any atom is 0.326 e. The second-order valence-electron chi connectivity index (χ2n) is 3.77. The highest BCUT2D eigenvalue weighted by Crippen LogP contribution is 2.10. The van der Waals surface area contributed by atoms with Crippen LogP contribution < -0.4 is 5.32 Å². The van der Waals surface area contributed by atoms with Gasteiger partial charge < -0.3 is 10.4 Å². The summed E-state index contributed by atoms with van der Waals surface area (Å²) < 4.78 is 26.1. The summed E-state index contributed by atoms with van der Waals surface area (Å²) in [4.78, 5) is 22.6. The number of nitrogens with one attached hydrogen (secondary N) is 1. The summed E-state index contributed by atoms with van der Waals surface area (Å²) in [6, 6.07) is 1.40. The van der Waals surface area contributed by atoms with Crippen molar-refractivity contribution >= 4 is 23.6 Å². The molecule has 0 heterocycles. The van der Waals surface area contributed by atoms with Gasteiger partial charge in [0.15, 0.2) is 0 Å². The SMILES string of the molecule is CSCC[C@H](NC(=O)c1ccc(F)cc1F)C(=O)O. The van der Waals surface area contributed by atoms with E-state index < -0.39 is 29.6 Å². The van der Waals surface area contributed by atoms with Gasteiger partial charge in [-0.1, -0.05) is 0 Å². The molecule has 1 aromatic rings. The van der Waals surface area contributed by atoms with Gasteiger partial charge in [-0.3, -0.25) is 4.79 Å². The maximum atomic E-state index is 13.4. The summed E-state index contributed by atoms with van der Waals surface area (Å²) in [5.41, 5.74) is -0.378. The number of thioether (sulfide) groups is 1. The third-order valence-electron chi connectivity index (χ3n) is 2.39. The third kappa shape index (κ3) is 4.51. The molecule has 1 rings (SSSR count). The first-order valence-electron chi connectivity index (χ1n) is 5.43. The normalized spacial score (nSPS) is 11.9. The summed E-state index contributed by atoms with van der Waals surface area (Å²) in [5, 5.41) is 11.1. The van der Waals surface area contributed by atoms with Crippen molar-refractivity contribution in [3.05, 3.63) is 35.4 Å². The largest absolute Gasteiger partial charge is 0.480 e. The molecule has 0 saturated carbocycles. The van der Waals surface area contributed by atoms with E-state index in [0.717, 1.165) is 12.1 Å². The number of carboxylic acids is 1. The van der Waals surface area contributed by atoms with E-state index in [1.54, 1.807) is 6.26 Å². The van der Waals surface area contributed by atoms with Crippen molar-refractivity contribution in [2.75, 3.05) is 12.0 Å². The Hall–Kier alpha value is -1.63. The number of halogens is 2. The fraction of sp³-hybridized carbons (Fsp3) is 0.333. The van der Waals surface area contributed by atoms with Gasteiger partial charge in [0.1, 0.15) is 17.7 Å². The van der Waals surface area contributed by atoms with Crippen molar-refractivity contribution in [2.45, 2.75) is 12.5 Å². The Labute approximate surface area is 113 Å². The molecular weight excluding hydrogens is 276 g/mol. The van der Waals surface area contributed by atoms with Gasteiger partial charge in [0.2, 0.25) is 0 Å². The number of hydrogen-bond donors (Lipinski definition) is 2. The topological polar surface area (TPSA) is 66.4 Å². The Bertz CT molecular complexity index is 482. The van der Waals surface area contributed by atoms with Crippen molar-refractivity contribution < 1.29 is 23.5 Å². The number of carboxylic acid groups (broad SMARTS) is 1. The summed E-state index contributed by atoms with van der Waals surface area (Å²) in [6.45, 7) is 0. The summed E-state index contributed by atoms with van der Waals surface area (Å²) in [7, 11) is 0. The standard InChI is InChI=1S/C12H13F2NO3S/c1-19-5-4-10(12(17)18)15-11(16)8-3-2-7(13)6-9(8)14/h2-3,6,10H,4-5H2,1H3,(H,15,16)(H,17,18)/t10-/m0/s1. The first-order chi connectivity index (χ1) is 8.95. The zero-order valence-electron chi connectivity index (χ0n) is 10.2. The van der Waals surface area contributed by atoms with Crippen LogP contribution in [0.2, 0.25) is 0 Å². The predicted molar refractivity (Wildman–Crippen MR) is 68.2 cm³/mol. The molecule has 0 aliphatic rings. The summed E-state index contributed by atoms with van der Waals surface area (Å²) in [5.74, 6) is -3.34. The van der Waals surface area contributed by atoms with Crippen LogP contribution in [0.25, 0.3) is 0 Å². The molecule has 0 unspecified atom stereocenters. The highest BCUT2D eigenvalue weighted by Gasteiger charge is 2.21. The maximum absolute atomic E-state index is 13.4. The summed E-state index contributed by atoms with van der Waals surface area (Å²) in [6.07, 6.45) is 2.03. The van der Waals surface area contributed by atoms with E-state index in [1.165, 1.54) is 11.8 Å². The van der Waals surface area contributed by atoms with Gasteiger partial charge in [0.25, 0.3) is 5.91 Å². The van der Waals surface area contributed by atoms with Crippen LogP contribution in [0.15, 0.2) is 18.2 Å². The molecule has 0 saturated heterocycles. The molecule has 0 aromatic heterocycles. The van der Waals surface area contributed by atoms with E-state index in [1.807, 2.05) is 0 Å². The molecule has 0 bridgehead atoms. The fourth-order valence-corrected chi connectivity index (χ4v) is 1.87. The van der Waals surface area contributed by atoms with Crippen LogP contribution in [0.4, 0.5) is 8.78 Å². The Balaban J connectivity index is 2.78. The van der Waals surface area contributed by atoms with E-state index >= 15 is 0 Å². The smallest absolute Gasteiger partial charge is 0.326 e. The first kappa shape index (κ1) is 15.4. The highest BCUT2D eigenvalue weighted by atomic mass is 32.2. The lowest BCUT2D eigenvalue weighted by atomic mass is 10.1. The molecule has 0 radical (unpaired) electrons. The zero-order chi connectivity index (χ0) is 14.4. The lowest BCUT2D eigenvalue weighted by Crippen LogP contribution is -2.41. The molecule has 7 heteroatoms. The van der Waals surface area contributed by atoms with E-state index in [9.17, 15) is 18.4 Å². The monoisotopic (exact) mass is 289 g/mol. The average molecular weight is 289 g/mol. The Morgan fingerprint density at radius 2 is 2.11 bits per heavy atom. The molecule has 0 aliphatic carbocycles. The Morgan fingerprint density at radius 1 is 1.42 bits per heavy atom. The minimum atomic E-state index is -1.19. The molecule has 0 aliphatic heterocycles. The van der Waals surface area contributed by atoms with Crippen LogP contribution in [0.1, 0.15) is 16.8 Å². The van der Waals surface area contributed by atoms with Gasteiger partial charge in [-0.15, -0.1) is 0 Å². The van der Waals surface area contributed by atoms with Crippen molar-refractivity contribution in [1.29, 1.82) is 0 Å². The molecule has 2 N–H and O–H groups in total. The predicted octanol–water partition coefficient (Wildman–Crippen LogP) is 1.90. The van der Waals surface area contributed by atoms with Gasteiger partial charge >= 0.3 is 5.97 Å². The van der Waals surface area contributed by atoms with E-state index in [-0.39, 0.29) is 12.0 Å². The van der Waals surface area contributed by atoms with Crippen molar-refractivity contribution in [2.24, 2.45) is 0 Å². The number of carbonyl (C=O) groups excluding carboxylic acids is 1. The van der Waals surface area contributed by atoms with E-state index in [0.29, 0.717) is 11.8 Å². The van der Waals surface area contributed by atoms with Gasteiger partial charge in [-0.2, -0.15) is 11.8 Å². The molecule has 0 spiro atoms. The molecule has 1 atom stereocenters. The fourth-order valence-electron chi connectivity index (χ4n) is 1.40. The second kappa shape index (κ2) is 7.08. The van der Waals surface area contributed by atoms with Crippen LogP contribution in [-0.2, 0) is 4.79 Å². The molecular formula is C12H13F2NO3S. The molecule has 4 nitrogen and oxygen atoms in total. The van der Waals surface area contributed by atoms with Crippen LogP contribution in [-0.4, -0.2) is 35.0 Å². The van der Waals surface area contributed by atoms with Gasteiger partial charge in [0.05, 0.1) is 5.56 Å². The van der Waals surface area contributed by atoms with Crippen molar-refractivity contribution in [3.63, 3.8) is 0 Å². The van der Waals surface area contributed by atoms with Gasteiger partial charge in [-0.25, -0.2) is 13.6 Å². The lowest BCUT2D eigenvalue weighted by molar-refractivity contribution is -0.139. The van der Waals surface area contributed by atoms with Crippen molar-refractivity contribution in [3.8, 4) is 0 Å². The first-order valence-corrected chi connectivity index (χ1v) is 6.82. The van der Waals surface area contributed by atoms with Gasteiger partial charge in [-0.05, 0) is 30.6 Å². The summed E-state index contributed by atoms with van der Waals surface area (Å²) >= 11 is 1.44. The molecule has 19 heavy (non-hydrogen) atoms. The van der Waals surface area contributed by atoms with Gasteiger partial charge in [0, 0.05) is 6.07 Å². The minimum absolute atomic E-state index is 0.227. The quantitative estimate of drug-likeness (QED) is 0.839. The minimum Gasteiger partial charge on any atom is -0.480 e. The average Bonchev–Trinajstić information content (AvgIpc) is 2.33. The van der Waals surface area contributed by atoms with Crippen LogP contribution in [0.5, 0.6) is 0 Å². The molecule has 0 fully saturated rings. The molecule has 104 valence electrons. The molecule has 1 aromatic carbocycles. The number of rotatable bonds is 6. The Kier molecular flexibility index (Phi) is 5.75. The van der Waals surface area contributed by atoms with Crippen molar-refractivity contribution in [1.82, 2.24) is 5.32 Å². The van der Waals surface area contributed by atoms with Crippen LogP contribution in [0, 0.1) is 11.6 Å². The van der Waals surface area contributed by atoms with Crippen LogP contribution >= 0.6 is 11.8 Å². The number of hydrogen-bond acceptors (Lipinski definition) is 3. The van der Waals surface area contributed by atoms with E-state index in [2.05, 4.69) is 5.32 Å². The lowest BCUT2D eigenvalue weighted by Gasteiger charge is -2.14. The highest BCUT2D eigenvalue weighted by molar-refractivity contribution is 7.98. The van der Waals surface area contributed by atoms with E-state index in [4.69, 9.17) is 5.11 Å². The number of amides is 1. The number of aliphatic carboxylic acids is 1. The number of carbonyl (C=O) groups is 2. The second-order valence-corrected chi connectivity index (χ2v) is 4.76. The van der Waals surface area contributed by atoms with Crippen LogP contribution in [0.3, 0.4) is 0 Å². The molecule has 1 amide bonds. The zero-order valence-corrected chi connectivity index (χ0v) is 11.0. The third-order valence-corrected chi connectivity index (χ3v) is 3.03. The number of benzene rings is 1.